The third-order valence-electron chi connectivity index (χ3n) is 4.23. The molecule has 2 aromatic heterocycles. The normalized spacial score (nSPS) is 17.1. The number of carbonyl (C=O) groups is 2. The van der Waals surface area contributed by atoms with E-state index in [1.54, 1.807) is 22.9 Å². The van der Waals surface area contributed by atoms with Gasteiger partial charge in [-0.25, -0.2) is 0 Å². The molecule has 0 bridgehead atoms. The van der Waals surface area contributed by atoms with Crippen molar-refractivity contribution in [3.63, 3.8) is 0 Å². The van der Waals surface area contributed by atoms with Crippen LogP contribution in [0.3, 0.4) is 0 Å². The zero-order valence-corrected chi connectivity index (χ0v) is 14.4. The number of rotatable bonds is 6. The van der Waals surface area contributed by atoms with Crippen molar-refractivity contribution in [2.24, 2.45) is 5.92 Å². The van der Waals surface area contributed by atoms with Crippen LogP contribution < -0.4 is 0 Å². The van der Waals surface area contributed by atoms with E-state index in [1.807, 2.05) is 25.1 Å². The molecule has 3 rings (SSSR count). The van der Waals surface area contributed by atoms with E-state index >= 15 is 0 Å². The largest absolute Gasteiger partial charge is 0.337 e. The van der Waals surface area contributed by atoms with Gasteiger partial charge in [0.05, 0.1) is 24.7 Å². The number of pyridine rings is 1. The molecule has 0 N–H and O–H groups in total. The monoisotopic (exact) mass is 343 g/mol. The highest BCUT2D eigenvalue weighted by atomic mass is 16.5. The van der Waals surface area contributed by atoms with Crippen molar-refractivity contribution in [1.29, 1.82) is 0 Å². The van der Waals surface area contributed by atoms with Crippen molar-refractivity contribution < 1.29 is 14.1 Å². The zero-order chi connectivity index (χ0) is 17.8. The van der Waals surface area contributed by atoms with Crippen molar-refractivity contribution in [3.05, 3.63) is 41.8 Å². The Balaban J connectivity index is 1.62. The summed E-state index contributed by atoms with van der Waals surface area (Å²) >= 11 is 0. The quantitative estimate of drug-likeness (QED) is 0.782. The SMILES string of the molecule is CCN(Cc1nc(C)no1)C(=O)[C@H]1CC(=O)N(Cc2ccccn2)C1. The van der Waals surface area contributed by atoms with E-state index in [0.717, 1.165) is 5.69 Å². The molecular formula is C17H21N5O3. The number of carbonyl (C=O) groups excluding carboxylic acids is 2. The van der Waals surface area contributed by atoms with Gasteiger partial charge in [-0.2, -0.15) is 4.98 Å². The Bertz CT molecular complexity index is 746. The van der Waals surface area contributed by atoms with E-state index in [4.69, 9.17) is 4.52 Å². The zero-order valence-electron chi connectivity index (χ0n) is 14.4. The van der Waals surface area contributed by atoms with Crippen LogP contribution in [0.1, 0.15) is 30.8 Å². The topological polar surface area (TPSA) is 92.4 Å². The highest BCUT2D eigenvalue weighted by Crippen LogP contribution is 2.22. The smallest absolute Gasteiger partial charge is 0.246 e. The molecule has 0 radical (unpaired) electrons. The Morgan fingerprint density at radius 1 is 1.44 bits per heavy atom. The van der Waals surface area contributed by atoms with Gasteiger partial charge in [0.15, 0.2) is 5.82 Å². The fraction of sp³-hybridized carbons (Fsp3) is 0.471. The molecule has 3 heterocycles. The van der Waals surface area contributed by atoms with E-state index in [-0.39, 0.29) is 30.7 Å². The molecule has 1 aliphatic heterocycles. The van der Waals surface area contributed by atoms with Crippen LogP contribution in [-0.2, 0) is 22.7 Å². The fourth-order valence-electron chi connectivity index (χ4n) is 2.95. The van der Waals surface area contributed by atoms with Crippen LogP contribution in [0.4, 0.5) is 0 Å². The van der Waals surface area contributed by atoms with Crippen molar-refractivity contribution in [2.75, 3.05) is 13.1 Å². The minimum Gasteiger partial charge on any atom is -0.337 e. The van der Waals surface area contributed by atoms with Gasteiger partial charge < -0.3 is 14.3 Å². The van der Waals surface area contributed by atoms with Crippen LogP contribution in [0.25, 0.3) is 0 Å². The Labute approximate surface area is 145 Å². The van der Waals surface area contributed by atoms with Gasteiger partial charge in [0.25, 0.3) is 0 Å². The third-order valence-corrected chi connectivity index (χ3v) is 4.23. The second kappa shape index (κ2) is 7.42. The molecule has 0 unspecified atom stereocenters. The maximum Gasteiger partial charge on any atom is 0.246 e. The van der Waals surface area contributed by atoms with E-state index < -0.39 is 0 Å². The summed E-state index contributed by atoms with van der Waals surface area (Å²) in [4.78, 5) is 36.7. The van der Waals surface area contributed by atoms with Crippen LogP contribution in [0.5, 0.6) is 0 Å². The molecule has 8 nitrogen and oxygen atoms in total. The van der Waals surface area contributed by atoms with E-state index in [9.17, 15) is 9.59 Å². The summed E-state index contributed by atoms with van der Waals surface area (Å²) in [6.07, 6.45) is 1.93. The lowest BCUT2D eigenvalue weighted by atomic mass is 10.1. The lowest BCUT2D eigenvalue weighted by Crippen LogP contribution is -2.37. The third kappa shape index (κ3) is 4.01. The average molecular weight is 343 g/mol. The summed E-state index contributed by atoms with van der Waals surface area (Å²) < 4.78 is 5.09. The average Bonchev–Trinajstić information content (AvgIpc) is 3.19. The van der Waals surface area contributed by atoms with Crippen molar-refractivity contribution in [3.8, 4) is 0 Å². The molecule has 1 fully saturated rings. The first-order valence-electron chi connectivity index (χ1n) is 8.32. The molecular weight excluding hydrogens is 322 g/mol. The van der Waals surface area contributed by atoms with Crippen molar-refractivity contribution in [1.82, 2.24) is 24.9 Å². The second-order valence-corrected chi connectivity index (χ2v) is 6.08. The van der Waals surface area contributed by atoms with Crippen LogP contribution in [0, 0.1) is 12.8 Å². The molecule has 1 atom stereocenters. The summed E-state index contributed by atoms with van der Waals surface area (Å²) in [7, 11) is 0. The Hall–Kier alpha value is -2.77. The van der Waals surface area contributed by atoms with E-state index in [2.05, 4.69) is 15.1 Å². The summed E-state index contributed by atoms with van der Waals surface area (Å²) in [6.45, 7) is 5.25. The summed E-state index contributed by atoms with van der Waals surface area (Å²) in [5.41, 5.74) is 0.817. The molecule has 132 valence electrons. The Morgan fingerprint density at radius 2 is 2.28 bits per heavy atom. The van der Waals surface area contributed by atoms with E-state index in [1.165, 1.54) is 0 Å². The molecule has 1 saturated heterocycles. The van der Waals surface area contributed by atoms with Gasteiger partial charge in [-0.05, 0) is 26.0 Å². The highest BCUT2D eigenvalue weighted by Gasteiger charge is 2.36. The van der Waals surface area contributed by atoms with Crippen molar-refractivity contribution >= 4 is 11.8 Å². The molecule has 1 aliphatic rings. The molecule has 2 amide bonds. The van der Waals surface area contributed by atoms with E-state index in [0.29, 0.717) is 31.3 Å². The lowest BCUT2D eigenvalue weighted by molar-refractivity contribution is -0.136. The van der Waals surface area contributed by atoms with Gasteiger partial charge in [0, 0.05) is 25.7 Å². The molecule has 0 spiro atoms. The number of aromatic nitrogens is 3. The molecule has 0 saturated carbocycles. The van der Waals surface area contributed by atoms with Gasteiger partial charge >= 0.3 is 0 Å². The Kier molecular flexibility index (Phi) is 5.06. The number of nitrogens with zero attached hydrogens (tertiary/aromatic N) is 5. The molecule has 0 aliphatic carbocycles. The first kappa shape index (κ1) is 17.1. The first-order valence-corrected chi connectivity index (χ1v) is 8.32. The van der Waals surface area contributed by atoms with Crippen molar-refractivity contribution in [2.45, 2.75) is 33.4 Å². The highest BCUT2D eigenvalue weighted by molar-refractivity contribution is 5.89. The molecule has 0 aromatic carbocycles. The van der Waals surface area contributed by atoms with Gasteiger partial charge in [0.2, 0.25) is 17.7 Å². The van der Waals surface area contributed by atoms with Crippen LogP contribution in [-0.4, -0.2) is 49.8 Å². The second-order valence-electron chi connectivity index (χ2n) is 6.08. The lowest BCUT2D eigenvalue weighted by Gasteiger charge is -2.22. The standard InChI is InChI=1S/C17H21N5O3/c1-3-21(11-15-19-12(2)20-25-15)17(24)13-8-16(23)22(9-13)10-14-6-4-5-7-18-14/h4-7,13H,3,8-11H2,1-2H3/t13-/m0/s1. The Morgan fingerprint density at radius 3 is 2.92 bits per heavy atom. The minimum atomic E-state index is -0.347. The number of hydrogen-bond acceptors (Lipinski definition) is 6. The van der Waals surface area contributed by atoms with Gasteiger partial charge in [0.1, 0.15) is 0 Å². The predicted molar refractivity (Wildman–Crippen MR) is 87.9 cm³/mol. The maximum atomic E-state index is 12.8. The summed E-state index contributed by atoms with van der Waals surface area (Å²) in [5.74, 6) is 0.516. The predicted octanol–water partition coefficient (Wildman–Crippen LogP) is 1.17. The van der Waals surface area contributed by atoms with Crippen LogP contribution >= 0.6 is 0 Å². The summed E-state index contributed by atoms with van der Waals surface area (Å²) in [6, 6.07) is 5.59. The first-order chi connectivity index (χ1) is 12.1. The maximum absolute atomic E-state index is 12.8. The fourth-order valence-corrected chi connectivity index (χ4v) is 2.95. The molecule has 25 heavy (non-hydrogen) atoms. The number of aryl methyl sites for hydroxylation is 1. The minimum absolute atomic E-state index is 0.0197. The molecule has 8 heteroatoms. The van der Waals surface area contributed by atoms with Crippen LogP contribution in [0.2, 0.25) is 0 Å². The van der Waals surface area contributed by atoms with Crippen LogP contribution in [0.15, 0.2) is 28.9 Å². The number of amides is 2. The molecule has 2 aromatic rings. The van der Waals surface area contributed by atoms with Gasteiger partial charge in [-0.3, -0.25) is 14.6 Å². The number of hydrogen-bond donors (Lipinski definition) is 0. The number of likely N-dealkylation sites (tertiary alicyclic amines) is 1. The summed E-state index contributed by atoms with van der Waals surface area (Å²) in [5, 5.41) is 3.74. The van der Waals surface area contributed by atoms with Gasteiger partial charge in [-0.1, -0.05) is 11.2 Å². The van der Waals surface area contributed by atoms with Gasteiger partial charge in [-0.15, -0.1) is 0 Å².